The second-order valence-corrected chi connectivity index (χ2v) is 7.59. The van der Waals surface area contributed by atoms with E-state index >= 15 is 0 Å². The first kappa shape index (κ1) is 20.9. The Morgan fingerprint density at radius 3 is 2.62 bits per heavy atom. The van der Waals surface area contributed by atoms with Crippen LogP contribution in [0.1, 0.15) is 55.8 Å². The highest BCUT2D eigenvalue weighted by molar-refractivity contribution is 6.07. The third kappa shape index (κ3) is 6.34. The highest BCUT2D eigenvalue weighted by Crippen LogP contribution is 2.20. The van der Waals surface area contributed by atoms with Gasteiger partial charge in [0.15, 0.2) is 0 Å². The van der Waals surface area contributed by atoms with Gasteiger partial charge in [-0.05, 0) is 49.4 Å². The number of carbonyl (C=O) groups excluding carboxylic acids is 1. The van der Waals surface area contributed by atoms with Crippen LogP contribution in [-0.2, 0) is 0 Å². The van der Waals surface area contributed by atoms with E-state index in [-0.39, 0.29) is 5.91 Å². The van der Waals surface area contributed by atoms with E-state index in [1.807, 2.05) is 12.1 Å². The second-order valence-electron chi connectivity index (χ2n) is 7.59. The molecular formula is C22H31N5O2. The van der Waals surface area contributed by atoms with Gasteiger partial charge in [0.05, 0.1) is 7.11 Å². The van der Waals surface area contributed by atoms with E-state index in [4.69, 9.17) is 4.74 Å². The molecule has 0 fully saturated rings. The van der Waals surface area contributed by atoms with Gasteiger partial charge in [0.1, 0.15) is 17.1 Å². The lowest BCUT2D eigenvalue weighted by molar-refractivity contribution is 0.102. The van der Waals surface area contributed by atoms with E-state index in [0.29, 0.717) is 23.0 Å². The van der Waals surface area contributed by atoms with Gasteiger partial charge in [0.2, 0.25) is 5.95 Å². The number of rotatable bonds is 3. The lowest BCUT2D eigenvalue weighted by Gasteiger charge is -2.16. The summed E-state index contributed by atoms with van der Waals surface area (Å²) in [6.07, 6.45) is 8.67. The molecule has 0 radical (unpaired) electrons. The fourth-order valence-corrected chi connectivity index (χ4v) is 3.44. The SMILES string of the molecule is COc1ccc(NC(=O)c2cnc3nc2NCCCC(C)CCCCCN3)cc1. The van der Waals surface area contributed by atoms with Gasteiger partial charge in [-0.1, -0.05) is 26.2 Å². The Labute approximate surface area is 172 Å². The van der Waals surface area contributed by atoms with Gasteiger partial charge < -0.3 is 20.7 Å². The minimum Gasteiger partial charge on any atom is -0.497 e. The predicted octanol–water partition coefficient (Wildman–Crippen LogP) is 4.55. The van der Waals surface area contributed by atoms with Gasteiger partial charge >= 0.3 is 0 Å². The standard InChI is InChI=1S/C22H31N5O2/c1-16-7-4-3-5-13-24-22-25-15-19(20(27-22)23-14-6-8-16)21(28)26-17-9-11-18(29-2)12-10-17/h9-12,15-16H,3-8,13-14H2,1-2H3,(H,26,28)(H2,23,24,25,27). The van der Waals surface area contributed by atoms with Crippen molar-refractivity contribution in [2.45, 2.75) is 45.4 Å². The average molecular weight is 398 g/mol. The number of anilines is 3. The lowest BCUT2D eigenvalue weighted by Crippen LogP contribution is -2.18. The summed E-state index contributed by atoms with van der Waals surface area (Å²) < 4.78 is 5.16. The normalized spacial score (nSPS) is 17.9. The Hall–Kier alpha value is -2.83. The Morgan fingerprint density at radius 1 is 1.07 bits per heavy atom. The number of ether oxygens (including phenoxy) is 1. The van der Waals surface area contributed by atoms with Crippen LogP contribution in [-0.4, -0.2) is 36.1 Å². The summed E-state index contributed by atoms with van der Waals surface area (Å²) in [5.74, 6) is 2.36. The second kappa shape index (κ2) is 10.6. The molecule has 1 aliphatic heterocycles. The first-order valence-electron chi connectivity index (χ1n) is 10.5. The number of aromatic nitrogens is 2. The largest absolute Gasteiger partial charge is 0.497 e. The molecule has 156 valence electrons. The summed E-state index contributed by atoms with van der Waals surface area (Å²) >= 11 is 0. The number of fused-ring (bicyclic) bond motifs is 2. The molecule has 1 atom stereocenters. The van der Waals surface area contributed by atoms with E-state index in [0.717, 1.165) is 37.6 Å². The van der Waals surface area contributed by atoms with Crippen LogP contribution in [0.2, 0.25) is 0 Å². The molecule has 3 N–H and O–H groups in total. The Kier molecular flexibility index (Phi) is 7.67. The fourth-order valence-electron chi connectivity index (χ4n) is 3.44. The maximum absolute atomic E-state index is 12.8. The molecule has 1 aliphatic rings. The highest BCUT2D eigenvalue weighted by Gasteiger charge is 2.16. The average Bonchev–Trinajstić information content (AvgIpc) is 2.73. The van der Waals surface area contributed by atoms with E-state index in [1.165, 1.54) is 25.7 Å². The van der Waals surface area contributed by atoms with Crippen LogP contribution < -0.4 is 20.7 Å². The number of hydrogen-bond acceptors (Lipinski definition) is 6. The molecule has 2 bridgehead atoms. The molecule has 7 heteroatoms. The van der Waals surface area contributed by atoms with Crippen LogP contribution in [0.5, 0.6) is 5.75 Å². The van der Waals surface area contributed by atoms with Crippen LogP contribution in [0.25, 0.3) is 0 Å². The Bertz CT molecular complexity index is 794. The summed E-state index contributed by atoms with van der Waals surface area (Å²) in [4.78, 5) is 21.7. The summed E-state index contributed by atoms with van der Waals surface area (Å²) in [6, 6.07) is 7.23. The van der Waals surface area contributed by atoms with E-state index in [1.54, 1.807) is 25.4 Å². The van der Waals surface area contributed by atoms with Gasteiger partial charge in [-0.2, -0.15) is 4.98 Å². The molecule has 3 rings (SSSR count). The van der Waals surface area contributed by atoms with Gasteiger partial charge in [0.25, 0.3) is 5.91 Å². The van der Waals surface area contributed by atoms with Crippen LogP contribution in [0, 0.1) is 5.92 Å². The van der Waals surface area contributed by atoms with Crippen molar-refractivity contribution in [3.8, 4) is 5.75 Å². The lowest BCUT2D eigenvalue weighted by atomic mass is 9.98. The highest BCUT2D eigenvalue weighted by atomic mass is 16.5. The van der Waals surface area contributed by atoms with Crippen LogP contribution in [0.15, 0.2) is 30.5 Å². The molecule has 1 aromatic carbocycles. The van der Waals surface area contributed by atoms with Crippen molar-refractivity contribution in [2.24, 2.45) is 5.92 Å². The first-order valence-corrected chi connectivity index (χ1v) is 10.5. The Morgan fingerprint density at radius 2 is 1.83 bits per heavy atom. The predicted molar refractivity (Wildman–Crippen MR) is 117 cm³/mol. The number of amides is 1. The summed E-state index contributed by atoms with van der Waals surface area (Å²) in [7, 11) is 1.61. The van der Waals surface area contributed by atoms with Gasteiger partial charge in [-0.15, -0.1) is 0 Å². The van der Waals surface area contributed by atoms with Crippen LogP contribution in [0.4, 0.5) is 17.5 Å². The smallest absolute Gasteiger partial charge is 0.260 e. The maximum atomic E-state index is 12.8. The molecule has 1 aromatic heterocycles. The third-order valence-corrected chi connectivity index (χ3v) is 5.20. The number of benzene rings is 1. The molecule has 1 amide bonds. The van der Waals surface area contributed by atoms with Gasteiger partial charge in [-0.3, -0.25) is 4.79 Å². The number of nitrogens with zero attached hydrogens (tertiary/aromatic N) is 2. The monoisotopic (exact) mass is 397 g/mol. The molecule has 0 saturated heterocycles. The summed E-state index contributed by atoms with van der Waals surface area (Å²) in [5, 5.41) is 9.52. The minimum atomic E-state index is -0.237. The molecule has 29 heavy (non-hydrogen) atoms. The fraction of sp³-hybridized carbons (Fsp3) is 0.500. The quantitative estimate of drug-likeness (QED) is 0.704. The first-order chi connectivity index (χ1) is 14.2. The molecule has 7 nitrogen and oxygen atoms in total. The van der Waals surface area contributed by atoms with E-state index in [9.17, 15) is 4.79 Å². The Balaban J connectivity index is 1.73. The molecule has 2 heterocycles. The third-order valence-electron chi connectivity index (χ3n) is 5.20. The molecule has 0 saturated carbocycles. The molecule has 2 aromatic rings. The molecule has 0 aliphatic carbocycles. The van der Waals surface area contributed by atoms with Crippen molar-refractivity contribution in [3.05, 3.63) is 36.0 Å². The van der Waals surface area contributed by atoms with E-state index in [2.05, 4.69) is 32.8 Å². The zero-order chi connectivity index (χ0) is 20.5. The van der Waals surface area contributed by atoms with Crippen molar-refractivity contribution < 1.29 is 9.53 Å². The van der Waals surface area contributed by atoms with Crippen molar-refractivity contribution >= 4 is 23.4 Å². The van der Waals surface area contributed by atoms with Crippen LogP contribution in [0.3, 0.4) is 0 Å². The zero-order valence-corrected chi connectivity index (χ0v) is 17.3. The van der Waals surface area contributed by atoms with Gasteiger partial charge in [-0.25, -0.2) is 4.98 Å². The van der Waals surface area contributed by atoms with Gasteiger partial charge in [0, 0.05) is 25.0 Å². The minimum absolute atomic E-state index is 0.237. The number of carbonyl (C=O) groups is 1. The molecular weight excluding hydrogens is 366 g/mol. The number of nitrogens with one attached hydrogen (secondary N) is 3. The zero-order valence-electron chi connectivity index (χ0n) is 17.3. The number of hydrogen-bond donors (Lipinski definition) is 3. The number of methoxy groups -OCH3 is 1. The summed E-state index contributed by atoms with van der Waals surface area (Å²) in [5.41, 5.74) is 1.13. The topological polar surface area (TPSA) is 88.2 Å². The van der Waals surface area contributed by atoms with Crippen molar-refractivity contribution in [1.82, 2.24) is 9.97 Å². The van der Waals surface area contributed by atoms with Crippen molar-refractivity contribution in [2.75, 3.05) is 36.1 Å². The maximum Gasteiger partial charge on any atom is 0.260 e. The molecule has 1 unspecified atom stereocenters. The summed E-state index contributed by atoms with van der Waals surface area (Å²) in [6.45, 7) is 3.94. The molecule has 0 spiro atoms. The van der Waals surface area contributed by atoms with Crippen molar-refractivity contribution in [1.29, 1.82) is 0 Å². The van der Waals surface area contributed by atoms with Crippen molar-refractivity contribution in [3.63, 3.8) is 0 Å². The van der Waals surface area contributed by atoms with Crippen LogP contribution >= 0.6 is 0 Å². The van der Waals surface area contributed by atoms with E-state index < -0.39 is 0 Å².